The van der Waals surface area contributed by atoms with Gasteiger partial charge in [0.25, 0.3) is 5.91 Å². The smallest absolute Gasteiger partial charge is 0.289 e. The molecule has 2 aliphatic heterocycles. The van der Waals surface area contributed by atoms with Crippen LogP contribution in [-0.2, 0) is 11.2 Å². The molecule has 0 radical (unpaired) electrons. The van der Waals surface area contributed by atoms with Crippen LogP contribution in [0.15, 0.2) is 53.1 Å². The van der Waals surface area contributed by atoms with Gasteiger partial charge in [-0.15, -0.1) is 0 Å². The van der Waals surface area contributed by atoms with Crippen LogP contribution in [0.2, 0.25) is 0 Å². The number of morpholine rings is 1. The van der Waals surface area contributed by atoms with E-state index in [9.17, 15) is 10.1 Å². The number of aryl methyl sites for hydroxylation is 1. The minimum atomic E-state index is -0.0590. The number of nitrogens with zero attached hydrogens (tertiary/aromatic N) is 4. The number of piperazine rings is 1. The van der Waals surface area contributed by atoms with Crippen LogP contribution in [0, 0.1) is 11.3 Å². The highest BCUT2D eigenvalue weighted by molar-refractivity contribution is 5.96. The Hall–Kier alpha value is -3.80. The first-order valence-electron chi connectivity index (χ1n) is 13.6. The number of furan rings is 1. The summed E-state index contributed by atoms with van der Waals surface area (Å²) in [6.45, 7) is 7.55. The van der Waals surface area contributed by atoms with Crippen molar-refractivity contribution < 1.29 is 13.9 Å². The molecule has 0 unspecified atom stereocenters. The van der Waals surface area contributed by atoms with Crippen LogP contribution >= 0.6 is 0 Å². The number of carbonyl (C=O) groups excluding carboxylic acids is 1. The fourth-order valence-electron chi connectivity index (χ4n) is 5.59. The number of fused-ring (bicyclic) bond motifs is 2. The van der Waals surface area contributed by atoms with Crippen LogP contribution in [0.1, 0.15) is 34.5 Å². The molecule has 8 nitrogen and oxygen atoms in total. The van der Waals surface area contributed by atoms with E-state index in [0.29, 0.717) is 37.6 Å². The zero-order chi connectivity index (χ0) is 25.9. The predicted molar refractivity (Wildman–Crippen MR) is 148 cm³/mol. The van der Waals surface area contributed by atoms with Crippen LogP contribution in [0.4, 0.5) is 5.69 Å². The third-order valence-corrected chi connectivity index (χ3v) is 7.81. The Kier molecular flexibility index (Phi) is 7.04. The highest BCUT2D eigenvalue weighted by Gasteiger charge is 2.23. The Morgan fingerprint density at radius 3 is 2.63 bits per heavy atom. The fourth-order valence-corrected chi connectivity index (χ4v) is 5.59. The SMILES string of the molecule is N#Cc1ccc2[nH]cc(CCCCN3CCN(c4ccc5oc(C(=O)N6CCOCC6)cc5c4)CC3)c2c1. The van der Waals surface area contributed by atoms with Crippen LogP contribution in [0.25, 0.3) is 21.9 Å². The molecule has 2 fully saturated rings. The van der Waals surface area contributed by atoms with Crippen molar-refractivity contribution in [2.75, 3.05) is 63.9 Å². The van der Waals surface area contributed by atoms with Gasteiger partial charge in [-0.05, 0) is 73.8 Å². The van der Waals surface area contributed by atoms with Crippen molar-refractivity contribution in [1.82, 2.24) is 14.8 Å². The maximum absolute atomic E-state index is 12.8. The molecular weight excluding hydrogens is 478 g/mol. The van der Waals surface area contributed by atoms with Gasteiger partial charge in [-0.1, -0.05) is 0 Å². The van der Waals surface area contributed by atoms with E-state index in [0.717, 1.165) is 68.5 Å². The molecule has 196 valence electrons. The first-order valence-corrected chi connectivity index (χ1v) is 13.6. The molecule has 0 spiro atoms. The molecule has 8 heteroatoms. The molecule has 1 amide bonds. The number of benzene rings is 2. The Labute approximate surface area is 222 Å². The number of aromatic nitrogens is 1. The van der Waals surface area contributed by atoms with Crippen molar-refractivity contribution in [3.05, 3.63) is 65.5 Å². The molecule has 6 rings (SSSR count). The highest BCUT2D eigenvalue weighted by Crippen LogP contribution is 2.27. The van der Waals surface area contributed by atoms with Crippen molar-refractivity contribution in [3.63, 3.8) is 0 Å². The molecule has 2 aliphatic rings. The summed E-state index contributed by atoms with van der Waals surface area (Å²) in [5.74, 6) is 0.346. The summed E-state index contributed by atoms with van der Waals surface area (Å²) >= 11 is 0. The molecule has 2 aromatic heterocycles. The number of unbranched alkanes of at least 4 members (excludes halogenated alkanes) is 1. The summed E-state index contributed by atoms with van der Waals surface area (Å²) in [5, 5.41) is 11.3. The first-order chi connectivity index (χ1) is 18.7. The van der Waals surface area contributed by atoms with Gasteiger partial charge in [0.2, 0.25) is 0 Å². The lowest BCUT2D eigenvalue weighted by molar-refractivity contribution is 0.0284. The Bertz CT molecular complexity index is 1470. The molecule has 0 bridgehead atoms. The molecule has 0 atom stereocenters. The van der Waals surface area contributed by atoms with Gasteiger partial charge in [-0.3, -0.25) is 9.69 Å². The van der Waals surface area contributed by atoms with E-state index < -0.39 is 0 Å². The van der Waals surface area contributed by atoms with E-state index in [2.05, 4.69) is 39.2 Å². The van der Waals surface area contributed by atoms with Gasteiger partial charge in [0.1, 0.15) is 5.58 Å². The van der Waals surface area contributed by atoms with Gasteiger partial charge >= 0.3 is 0 Å². The number of ether oxygens (including phenoxy) is 1. The van der Waals surface area contributed by atoms with Gasteiger partial charge < -0.3 is 23.9 Å². The summed E-state index contributed by atoms with van der Waals surface area (Å²) in [7, 11) is 0. The lowest BCUT2D eigenvalue weighted by atomic mass is 10.1. The zero-order valence-electron chi connectivity index (χ0n) is 21.6. The number of nitrogens with one attached hydrogen (secondary N) is 1. The molecule has 4 aromatic rings. The Morgan fingerprint density at radius 1 is 0.974 bits per heavy atom. The van der Waals surface area contributed by atoms with Crippen molar-refractivity contribution in [3.8, 4) is 6.07 Å². The Morgan fingerprint density at radius 2 is 1.82 bits per heavy atom. The number of carbonyl (C=O) groups is 1. The molecule has 4 heterocycles. The highest BCUT2D eigenvalue weighted by atomic mass is 16.5. The quantitative estimate of drug-likeness (QED) is 0.370. The summed E-state index contributed by atoms with van der Waals surface area (Å²) in [5.41, 5.74) is 5.04. The minimum absolute atomic E-state index is 0.0590. The molecule has 2 saturated heterocycles. The fraction of sp³-hybridized carbons (Fsp3) is 0.400. The summed E-state index contributed by atoms with van der Waals surface area (Å²) in [6.07, 6.45) is 5.40. The van der Waals surface area contributed by atoms with Gasteiger partial charge in [0.05, 0.1) is 24.8 Å². The summed E-state index contributed by atoms with van der Waals surface area (Å²) in [4.78, 5) is 22.9. The summed E-state index contributed by atoms with van der Waals surface area (Å²) < 4.78 is 11.2. The van der Waals surface area contributed by atoms with E-state index in [1.807, 2.05) is 30.3 Å². The number of rotatable bonds is 7. The molecule has 2 aromatic carbocycles. The Balaban J connectivity index is 0.992. The normalized spacial score (nSPS) is 16.8. The maximum atomic E-state index is 12.8. The maximum Gasteiger partial charge on any atom is 0.289 e. The number of nitriles is 1. The lowest BCUT2D eigenvalue weighted by Crippen LogP contribution is -2.46. The van der Waals surface area contributed by atoms with E-state index >= 15 is 0 Å². The van der Waals surface area contributed by atoms with Crippen molar-refractivity contribution in [1.29, 1.82) is 5.26 Å². The number of amides is 1. The molecule has 0 saturated carbocycles. The number of hydrogen-bond donors (Lipinski definition) is 1. The molecule has 1 N–H and O–H groups in total. The van der Waals surface area contributed by atoms with E-state index in [4.69, 9.17) is 9.15 Å². The topological polar surface area (TPSA) is 88.7 Å². The van der Waals surface area contributed by atoms with Crippen LogP contribution in [-0.4, -0.2) is 79.7 Å². The van der Waals surface area contributed by atoms with Crippen molar-refractivity contribution in [2.45, 2.75) is 19.3 Å². The van der Waals surface area contributed by atoms with Gasteiger partial charge in [-0.2, -0.15) is 5.26 Å². The van der Waals surface area contributed by atoms with Gasteiger partial charge in [0, 0.05) is 67.4 Å². The minimum Gasteiger partial charge on any atom is -0.451 e. The van der Waals surface area contributed by atoms with Crippen molar-refractivity contribution in [2.24, 2.45) is 0 Å². The van der Waals surface area contributed by atoms with Gasteiger partial charge in [-0.25, -0.2) is 0 Å². The molecular formula is C30H33N5O3. The second-order valence-corrected chi connectivity index (χ2v) is 10.2. The number of hydrogen-bond acceptors (Lipinski definition) is 6. The van der Waals surface area contributed by atoms with E-state index in [1.54, 1.807) is 4.90 Å². The largest absolute Gasteiger partial charge is 0.451 e. The molecule has 0 aliphatic carbocycles. The van der Waals surface area contributed by atoms with Gasteiger partial charge in [0.15, 0.2) is 5.76 Å². The monoisotopic (exact) mass is 511 g/mol. The number of H-pyrrole nitrogens is 1. The average Bonchev–Trinajstić information content (AvgIpc) is 3.59. The number of anilines is 1. The third kappa shape index (κ3) is 5.13. The summed E-state index contributed by atoms with van der Waals surface area (Å²) in [6, 6.07) is 16.2. The standard InChI is InChI=1S/C30H33N5O3/c31-20-22-4-6-27-26(17-22)23(21-32-27)3-1-2-8-33-9-11-34(12-10-33)25-5-7-28-24(18-25)19-29(38-28)30(36)35-13-15-37-16-14-35/h4-7,17-19,21,32H,1-3,8-16H2. The van der Waals surface area contributed by atoms with Crippen LogP contribution in [0.3, 0.4) is 0 Å². The first kappa shape index (κ1) is 24.5. The lowest BCUT2D eigenvalue weighted by Gasteiger charge is -2.36. The zero-order valence-corrected chi connectivity index (χ0v) is 21.6. The molecule has 38 heavy (non-hydrogen) atoms. The van der Waals surface area contributed by atoms with E-state index in [-0.39, 0.29) is 5.91 Å². The van der Waals surface area contributed by atoms with Crippen LogP contribution in [0.5, 0.6) is 0 Å². The third-order valence-electron chi connectivity index (χ3n) is 7.81. The van der Waals surface area contributed by atoms with Crippen LogP contribution < -0.4 is 4.90 Å². The predicted octanol–water partition coefficient (Wildman–Crippen LogP) is 4.40. The second kappa shape index (κ2) is 10.9. The average molecular weight is 512 g/mol. The van der Waals surface area contributed by atoms with E-state index in [1.165, 1.54) is 16.6 Å². The number of aromatic amines is 1. The van der Waals surface area contributed by atoms with Crippen molar-refractivity contribution >= 4 is 33.5 Å². The second-order valence-electron chi connectivity index (χ2n) is 10.2.